The minimum atomic E-state index is -0.162. The van der Waals surface area contributed by atoms with E-state index in [0.717, 1.165) is 38.4 Å². The molecule has 6 nitrogen and oxygen atoms in total. The van der Waals surface area contributed by atoms with Crippen molar-refractivity contribution in [1.82, 2.24) is 20.2 Å². The molecular formula is C16H26ClN5O. The molecule has 23 heavy (non-hydrogen) atoms. The lowest BCUT2D eigenvalue weighted by Crippen LogP contribution is -2.56. The van der Waals surface area contributed by atoms with Gasteiger partial charge < -0.3 is 10.2 Å². The molecule has 1 aliphatic heterocycles. The third kappa shape index (κ3) is 4.78. The molecule has 2 heterocycles. The van der Waals surface area contributed by atoms with Crippen LogP contribution in [-0.4, -0.2) is 58.5 Å². The predicted octanol–water partition coefficient (Wildman–Crippen LogP) is 1.95. The topological polar surface area (TPSA) is 61.4 Å². The summed E-state index contributed by atoms with van der Waals surface area (Å²) in [7, 11) is 0. The largest absolute Gasteiger partial charge is 0.354 e. The van der Waals surface area contributed by atoms with Crippen LogP contribution in [0, 0.1) is 0 Å². The monoisotopic (exact) mass is 339 g/mol. The normalized spacial score (nSPS) is 17.9. The molecule has 0 spiro atoms. The average molecular weight is 340 g/mol. The highest BCUT2D eigenvalue weighted by atomic mass is 35.5. The highest BCUT2D eigenvalue weighted by Crippen LogP contribution is 2.17. The van der Waals surface area contributed by atoms with Gasteiger partial charge in [-0.3, -0.25) is 9.69 Å². The highest BCUT2D eigenvalue weighted by Gasteiger charge is 2.28. The van der Waals surface area contributed by atoms with Crippen molar-refractivity contribution in [2.75, 3.05) is 31.1 Å². The summed E-state index contributed by atoms with van der Waals surface area (Å²) < 4.78 is 0. The summed E-state index contributed by atoms with van der Waals surface area (Å²) in [5, 5.41) is 3.57. The molecule has 0 aliphatic carbocycles. The molecule has 7 heteroatoms. The number of nitrogens with one attached hydrogen (secondary N) is 1. The summed E-state index contributed by atoms with van der Waals surface area (Å²) in [6.45, 7) is 11.4. The second kappa shape index (κ2) is 7.45. The van der Waals surface area contributed by atoms with Crippen molar-refractivity contribution >= 4 is 23.3 Å². The Hall–Kier alpha value is -1.40. The molecule has 2 rings (SSSR count). The van der Waals surface area contributed by atoms with Crippen LogP contribution in [0.4, 0.5) is 5.82 Å². The van der Waals surface area contributed by atoms with Gasteiger partial charge in [-0.15, -0.1) is 0 Å². The molecule has 1 aromatic heterocycles. The van der Waals surface area contributed by atoms with Gasteiger partial charge in [0.05, 0.1) is 6.04 Å². The van der Waals surface area contributed by atoms with E-state index in [0.29, 0.717) is 5.15 Å². The van der Waals surface area contributed by atoms with Crippen LogP contribution in [-0.2, 0) is 4.79 Å². The molecule has 0 radical (unpaired) electrons. The molecule has 0 aromatic carbocycles. The molecular weight excluding hydrogens is 314 g/mol. The minimum absolute atomic E-state index is 0.0929. The van der Waals surface area contributed by atoms with Gasteiger partial charge >= 0.3 is 0 Å². The quantitative estimate of drug-likeness (QED) is 0.831. The number of halogens is 1. The number of aromatic nitrogens is 2. The molecule has 1 aromatic rings. The Morgan fingerprint density at radius 2 is 2.00 bits per heavy atom. The van der Waals surface area contributed by atoms with Crippen molar-refractivity contribution in [3.05, 3.63) is 17.5 Å². The van der Waals surface area contributed by atoms with E-state index in [2.05, 4.69) is 45.9 Å². The first-order chi connectivity index (χ1) is 10.8. The van der Waals surface area contributed by atoms with Gasteiger partial charge in [-0.25, -0.2) is 9.97 Å². The molecule has 128 valence electrons. The van der Waals surface area contributed by atoms with E-state index in [-0.39, 0.29) is 17.5 Å². The first-order valence-electron chi connectivity index (χ1n) is 8.11. The molecule has 1 atom stereocenters. The Labute approximate surface area is 143 Å². The minimum Gasteiger partial charge on any atom is -0.354 e. The van der Waals surface area contributed by atoms with Crippen LogP contribution >= 0.6 is 11.6 Å². The van der Waals surface area contributed by atoms with Gasteiger partial charge in [0, 0.05) is 37.8 Å². The van der Waals surface area contributed by atoms with E-state index in [1.807, 2.05) is 6.92 Å². The lowest BCUT2D eigenvalue weighted by Gasteiger charge is -2.39. The van der Waals surface area contributed by atoms with Gasteiger partial charge in [0.1, 0.15) is 17.3 Å². The van der Waals surface area contributed by atoms with Crippen molar-refractivity contribution in [1.29, 1.82) is 0 Å². The maximum Gasteiger partial charge on any atom is 0.237 e. The van der Waals surface area contributed by atoms with Crippen LogP contribution in [0.5, 0.6) is 0 Å². The lowest BCUT2D eigenvalue weighted by atomic mass is 10.0. The zero-order chi connectivity index (χ0) is 17.0. The molecule has 1 fully saturated rings. The van der Waals surface area contributed by atoms with Crippen molar-refractivity contribution in [2.24, 2.45) is 0 Å². The van der Waals surface area contributed by atoms with Crippen LogP contribution in [0.2, 0.25) is 5.15 Å². The zero-order valence-electron chi connectivity index (χ0n) is 14.3. The number of anilines is 1. The van der Waals surface area contributed by atoms with Gasteiger partial charge in [-0.05, 0) is 27.2 Å². The van der Waals surface area contributed by atoms with Crippen molar-refractivity contribution < 1.29 is 4.79 Å². The van der Waals surface area contributed by atoms with Crippen molar-refractivity contribution in [2.45, 2.75) is 45.7 Å². The molecule has 1 saturated heterocycles. The number of amides is 1. The summed E-state index contributed by atoms with van der Waals surface area (Å²) >= 11 is 5.92. The smallest absolute Gasteiger partial charge is 0.237 e. The molecule has 0 saturated carbocycles. The first-order valence-corrected chi connectivity index (χ1v) is 8.49. The fourth-order valence-electron chi connectivity index (χ4n) is 2.53. The van der Waals surface area contributed by atoms with E-state index in [1.165, 1.54) is 6.33 Å². The van der Waals surface area contributed by atoms with Crippen LogP contribution < -0.4 is 10.2 Å². The molecule has 1 amide bonds. The van der Waals surface area contributed by atoms with Crippen LogP contribution in [0.15, 0.2) is 12.4 Å². The Kier molecular flexibility index (Phi) is 5.81. The Morgan fingerprint density at radius 3 is 2.57 bits per heavy atom. The highest BCUT2D eigenvalue weighted by molar-refractivity contribution is 6.29. The fourth-order valence-corrected chi connectivity index (χ4v) is 2.67. The molecule has 1 N–H and O–H groups in total. The van der Waals surface area contributed by atoms with Crippen LogP contribution in [0.25, 0.3) is 0 Å². The number of hydrogen-bond acceptors (Lipinski definition) is 5. The standard InChI is InChI=1S/C16H26ClN5O/c1-5-16(3,4)20-15(23)12(2)21-6-8-22(9-7-21)14-10-13(17)18-11-19-14/h10-12H,5-9H2,1-4H3,(H,20,23)/t12-/m1/s1. The third-order valence-electron chi connectivity index (χ3n) is 4.53. The second-order valence-electron chi connectivity index (χ2n) is 6.62. The summed E-state index contributed by atoms with van der Waals surface area (Å²) in [4.78, 5) is 25.0. The van der Waals surface area contributed by atoms with Gasteiger partial charge in [0.15, 0.2) is 0 Å². The first kappa shape index (κ1) is 17.9. The second-order valence-corrected chi connectivity index (χ2v) is 7.01. The van der Waals surface area contributed by atoms with Gasteiger partial charge in [-0.2, -0.15) is 0 Å². The SMILES string of the molecule is CCC(C)(C)NC(=O)[C@@H](C)N1CCN(c2cc(Cl)ncn2)CC1. The van der Waals surface area contributed by atoms with Gasteiger partial charge in [0.25, 0.3) is 0 Å². The average Bonchev–Trinajstić information content (AvgIpc) is 2.54. The van der Waals surface area contributed by atoms with Crippen LogP contribution in [0.1, 0.15) is 34.1 Å². The van der Waals surface area contributed by atoms with E-state index in [1.54, 1.807) is 6.07 Å². The van der Waals surface area contributed by atoms with E-state index in [4.69, 9.17) is 11.6 Å². The Morgan fingerprint density at radius 1 is 1.35 bits per heavy atom. The maximum absolute atomic E-state index is 12.4. The van der Waals surface area contributed by atoms with Crippen molar-refractivity contribution in [3.8, 4) is 0 Å². The van der Waals surface area contributed by atoms with Crippen LogP contribution in [0.3, 0.4) is 0 Å². The lowest BCUT2D eigenvalue weighted by molar-refractivity contribution is -0.127. The maximum atomic E-state index is 12.4. The summed E-state index contributed by atoms with van der Waals surface area (Å²) in [5.41, 5.74) is -0.162. The summed E-state index contributed by atoms with van der Waals surface area (Å²) in [6.07, 6.45) is 2.39. The zero-order valence-corrected chi connectivity index (χ0v) is 15.1. The Balaban J connectivity index is 1.89. The number of carbonyl (C=O) groups excluding carboxylic acids is 1. The van der Waals surface area contributed by atoms with Crippen molar-refractivity contribution in [3.63, 3.8) is 0 Å². The number of piperazine rings is 1. The molecule has 1 aliphatic rings. The number of nitrogens with zero attached hydrogens (tertiary/aromatic N) is 4. The summed E-state index contributed by atoms with van der Waals surface area (Å²) in [5.74, 6) is 0.934. The summed E-state index contributed by atoms with van der Waals surface area (Å²) in [6, 6.07) is 1.65. The number of hydrogen-bond donors (Lipinski definition) is 1. The van der Waals surface area contributed by atoms with E-state index >= 15 is 0 Å². The van der Waals surface area contributed by atoms with E-state index < -0.39 is 0 Å². The van der Waals surface area contributed by atoms with Gasteiger partial charge in [0.2, 0.25) is 5.91 Å². The fraction of sp³-hybridized carbons (Fsp3) is 0.688. The number of carbonyl (C=O) groups is 1. The molecule has 0 bridgehead atoms. The molecule has 0 unspecified atom stereocenters. The number of rotatable bonds is 5. The third-order valence-corrected chi connectivity index (χ3v) is 4.74. The van der Waals surface area contributed by atoms with E-state index in [9.17, 15) is 4.79 Å². The predicted molar refractivity (Wildman–Crippen MR) is 92.8 cm³/mol. The van der Waals surface area contributed by atoms with Gasteiger partial charge in [-0.1, -0.05) is 18.5 Å². The Bertz CT molecular complexity index is 543.